The van der Waals surface area contributed by atoms with Crippen molar-refractivity contribution >= 4 is 50.9 Å². The van der Waals surface area contributed by atoms with Crippen LogP contribution in [0.25, 0.3) is 0 Å². The Morgan fingerprint density at radius 1 is 1.05 bits per heavy atom. The molecule has 43 heavy (non-hydrogen) atoms. The topological polar surface area (TPSA) is 96.0 Å². The maximum Gasteiger partial charge on any atom is 0.264 e. The molecule has 0 radical (unpaired) electrons. The molecule has 0 heterocycles. The largest absolute Gasteiger partial charge is 0.492 e. The molecule has 1 N–H and O–H groups in total. The summed E-state index contributed by atoms with van der Waals surface area (Å²) in [4.78, 5) is 30.0. The average Bonchev–Trinajstić information content (AvgIpc) is 3.52. The van der Waals surface area contributed by atoms with E-state index in [1.165, 1.54) is 28.8 Å². The van der Waals surface area contributed by atoms with E-state index in [0.29, 0.717) is 17.4 Å². The van der Waals surface area contributed by atoms with Crippen LogP contribution in [0, 0.1) is 0 Å². The molecule has 0 bridgehead atoms. The van der Waals surface area contributed by atoms with Crippen LogP contribution in [0.3, 0.4) is 0 Å². The van der Waals surface area contributed by atoms with Crippen LogP contribution < -0.4 is 14.4 Å². The van der Waals surface area contributed by atoms with Gasteiger partial charge in [0.15, 0.2) is 0 Å². The van der Waals surface area contributed by atoms with E-state index < -0.39 is 28.5 Å². The zero-order chi connectivity index (χ0) is 31.0. The van der Waals surface area contributed by atoms with Crippen LogP contribution in [0.1, 0.15) is 45.1 Å². The molecule has 3 aromatic carbocycles. The van der Waals surface area contributed by atoms with E-state index in [1.54, 1.807) is 68.4 Å². The Bertz CT molecular complexity index is 1510. The lowest BCUT2D eigenvalue weighted by Crippen LogP contribution is -2.52. The first-order valence-electron chi connectivity index (χ1n) is 14.4. The molecule has 1 aliphatic rings. The Balaban J connectivity index is 1.73. The highest BCUT2D eigenvalue weighted by atomic mass is 35.5. The van der Waals surface area contributed by atoms with Gasteiger partial charge in [-0.3, -0.25) is 13.9 Å². The SMILES string of the molecule is CCOc1ccccc1N(CC(=O)N(Cc1cccc(Cl)c1)[C@H](C)C(=O)NC1CCCC1)S(=O)(=O)c1ccc(SC)cc1. The van der Waals surface area contributed by atoms with Gasteiger partial charge in [0.05, 0.1) is 17.2 Å². The molecule has 0 spiro atoms. The molecule has 3 aromatic rings. The third-order valence-corrected chi connectivity index (χ3v) is 10.2. The summed E-state index contributed by atoms with van der Waals surface area (Å²) in [5.74, 6) is -0.487. The number of carbonyl (C=O) groups is 2. The number of rotatable bonds is 13. The molecule has 8 nitrogen and oxygen atoms in total. The van der Waals surface area contributed by atoms with E-state index >= 15 is 0 Å². The minimum atomic E-state index is -4.22. The second-order valence-electron chi connectivity index (χ2n) is 10.4. The Morgan fingerprint density at radius 3 is 2.40 bits per heavy atom. The van der Waals surface area contributed by atoms with Gasteiger partial charge in [0.25, 0.3) is 10.0 Å². The van der Waals surface area contributed by atoms with Gasteiger partial charge in [-0.1, -0.05) is 48.7 Å². The molecule has 0 unspecified atom stereocenters. The lowest BCUT2D eigenvalue weighted by molar-refractivity contribution is -0.139. The second-order valence-corrected chi connectivity index (χ2v) is 13.6. The summed E-state index contributed by atoms with van der Waals surface area (Å²) in [6.07, 6.45) is 5.81. The van der Waals surface area contributed by atoms with E-state index in [9.17, 15) is 18.0 Å². The summed E-state index contributed by atoms with van der Waals surface area (Å²) in [6.45, 7) is 3.31. The number of hydrogen-bond acceptors (Lipinski definition) is 6. The molecule has 4 rings (SSSR count). The van der Waals surface area contributed by atoms with Crippen molar-refractivity contribution in [1.29, 1.82) is 0 Å². The van der Waals surface area contributed by atoms with Gasteiger partial charge >= 0.3 is 0 Å². The number of anilines is 1. The fourth-order valence-corrected chi connectivity index (χ4v) is 7.18. The number of benzene rings is 3. The van der Waals surface area contributed by atoms with Gasteiger partial charge in [-0.2, -0.15) is 0 Å². The maximum absolute atomic E-state index is 14.2. The van der Waals surface area contributed by atoms with E-state index in [2.05, 4.69) is 5.32 Å². The zero-order valence-corrected chi connectivity index (χ0v) is 27.1. The van der Waals surface area contributed by atoms with Crippen molar-refractivity contribution in [3.63, 3.8) is 0 Å². The Hall–Kier alpha value is -3.21. The fraction of sp³-hybridized carbons (Fsp3) is 0.375. The predicted octanol–water partition coefficient (Wildman–Crippen LogP) is 6.13. The molecule has 1 saturated carbocycles. The third-order valence-electron chi connectivity index (χ3n) is 7.47. The molecule has 230 valence electrons. The molecule has 1 fully saturated rings. The summed E-state index contributed by atoms with van der Waals surface area (Å²) in [5.41, 5.74) is 0.954. The predicted molar refractivity (Wildman–Crippen MR) is 172 cm³/mol. The maximum atomic E-state index is 14.2. The number of hydrogen-bond donors (Lipinski definition) is 1. The third kappa shape index (κ3) is 8.25. The van der Waals surface area contributed by atoms with Crippen molar-refractivity contribution in [1.82, 2.24) is 10.2 Å². The number of ether oxygens (including phenoxy) is 1. The Labute approximate surface area is 263 Å². The van der Waals surface area contributed by atoms with Gasteiger partial charge in [0.1, 0.15) is 18.3 Å². The number of halogens is 1. The first-order chi connectivity index (χ1) is 20.6. The molecule has 0 aromatic heterocycles. The van der Waals surface area contributed by atoms with Crippen molar-refractivity contribution in [2.24, 2.45) is 0 Å². The Morgan fingerprint density at radius 2 is 1.74 bits per heavy atom. The lowest BCUT2D eigenvalue weighted by atomic mass is 10.1. The minimum absolute atomic E-state index is 0.0396. The van der Waals surface area contributed by atoms with Crippen LogP contribution in [-0.2, 0) is 26.2 Å². The summed E-state index contributed by atoms with van der Waals surface area (Å²) in [5, 5.41) is 3.57. The molecule has 2 amide bonds. The van der Waals surface area contributed by atoms with E-state index in [-0.39, 0.29) is 29.1 Å². The zero-order valence-electron chi connectivity index (χ0n) is 24.7. The van der Waals surface area contributed by atoms with Crippen molar-refractivity contribution < 1.29 is 22.7 Å². The van der Waals surface area contributed by atoms with Crippen LogP contribution in [-0.4, -0.2) is 56.6 Å². The number of thioether (sulfide) groups is 1. The molecule has 11 heteroatoms. The summed E-state index contributed by atoms with van der Waals surface area (Å²) in [7, 11) is -4.22. The first-order valence-corrected chi connectivity index (χ1v) is 17.4. The average molecular weight is 644 g/mol. The van der Waals surface area contributed by atoms with E-state index in [0.717, 1.165) is 40.4 Å². The summed E-state index contributed by atoms with van der Waals surface area (Å²) < 4.78 is 35.2. The number of nitrogens with one attached hydrogen (secondary N) is 1. The highest BCUT2D eigenvalue weighted by molar-refractivity contribution is 7.98. The molecule has 0 aliphatic heterocycles. The monoisotopic (exact) mass is 643 g/mol. The molecule has 1 atom stereocenters. The number of carbonyl (C=O) groups excluding carboxylic acids is 2. The fourth-order valence-electron chi connectivity index (χ4n) is 5.14. The van der Waals surface area contributed by atoms with Crippen LogP contribution in [0.15, 0.2) is 82.6 Å². The molecule has 1 aliphatic carbocycles. The van der Waals surface area contributed by atoms with Crippen molar-refractivity contribution in [3.8, 4) is 5.75 Å². The van der Waals surface area contributed by atoms with Crippen LogP contribution in [0.5, 0.6) is 5.75 Å². The van der Waals surface area contributed by atoms with Crippen molar-refractivity contribution in [2.75, 3.05) is 23.7 Å². The Kier molecular flexibility index (Phi) is 11.4. The van der Waals surface area contributed by atoms with Crippen LogP contribution in [0.2, 0.25) is 5.02 Å². The number of amides is 2. The quantitative estimate of drug-likeness (QED) is 0.225. The van der Waals surface area contributed by atoms with Gasteiger partial charge in [-0.15, -0.1) is 11.8 Å². The first kappa shape index (κ1) is 32.7. The van der Waals surface area contributed by atoms with Crippen LogP contribution in [0.4, 0.5) is 5.69 Å². The lowest BCUT2D eigenvalue weighted by Gasteiger charge is -2.33. The summed E-state index contributed by atoms with van der Waals surface area (Å²) in [6, 6.07) is 19.5. The number of sulfonamides is 1. The minimum Gasteiger partial charge on any atom is -0.492 e. The van der Waals surface area contributed by atoms with Crippen LogP contribution >= 0.6 is 23.4 Å². The molecule has 0 saturated heterocycles. The van der Waals surface area contributed by atoms with Crippen molar-refractivity contribution in [2.45, 2.75) is 68.0 Å². The van der Waals surface area contributed by atoms with Gasteiger partial charge in [0.2, 0.25) is 11.8 Å². The van der Waals surface area contributed by atoms with Gasteiger partial charge in [0, 0.05) is 22.5 Å². The van der Waals surface area contributed by atoms with Gasteiger partial charge < -0.3 is 15.0 Å². The standard InChI is InChI=1S/C32H38ClN3O5S2/c1-4-41-30-15-8-7-14-29(30)36(43(39,40)28-18-16-27(42-3)17-19-28)22-31(37)35(21-24-10-9-11-25(33)20-24)23(2)32(38)34-26-12-5-6-13-26/h7-11,14-20,23,26H,4-6,12-13,21-22H2,1-3H3,(H,34,38)/t23-/m1/s1. The highest BCUT2D eigenvalue weighted by Crippen LogP contribution is 2.33. The normalized spacial score (nSPS) is 14.2. The number of para-hydroxylation sites is 2. The smallest absolute Gasteiger partial charge is 0.264 e. The number of nitrogens with zero attached hydrogens (tertiary/aromatic N) is 2. The van der Waals surface area contributed by atoms with Crippen molar-refractivity contribution in [3.05, 3.63) is 83.4 Å². The van der Waals surface area contributed by atoms with Gasteiger partial charge in [-0.25, -0.2) is 8.42 Å². The summed E-state index contributed by atoms with van der Waals surface area (Å²) >= 11 is 7.74. The molecular weight excluding hydrogens is 606 g/mol. The van der Waals surface area contributed by atoms with Gasteiger partial charge in [-0.05, 0) is 87.0 Å². The second kappa shape index (κ2) is 15.0. The molecular formula is C32H38ClN3O5S2. The van der Waals surface area contributed by atoms with E-state index in [4.69, 9.17) is 16.3 Å². The van der Waals surface area contributed by atoms with E-state index in [1.807, 2.05) is 12.3 Å². The highest BCUT2D eigenvalue weighted by Gasteiger charge is 2.34.